The van der Waals surface area contributed by atoms with Crippen molar-refractivity contribution in [3.8, 4) is 0 Å². The van der Waals surface area contributed by atoms with E-state index >= 15 is 0 Å². The SMILES string of the molecule is CCOCCNC(=NCC(=O)N(C)C)NCC1CCCN1CC.I. The van der Waals surface area contributed by atoms with E-state index in [4.69, 9.17) is 4.74 Å². The molecular formula is C16H34IN5O2. The molecule has 1 rings (SSSR count). The van der Waals surface area contributed by atoms with E-state index < -0.39 is 0 Å². The fourth-order valence-electron chi connectivity index (χ4n) is 2.61. The topological polar surface area (TPSA) is 69.2 Å². The number of rotatable bonds is 9. The van der Waals surface area contributed by atoms with Gasteiger partial charge in [0.25, 0.3) is 0 Å². The number of nitrogens with one attached hydrogen (secondary N) is 2. The predicted octanol–water partition coefficient (Wildman–Crippen LogP) is 0.749. The Balaban J connectivity index is 0.00000529. The summed E-state index contributed by atoms with van der Waals surface area (Å²) in [6.07, 6.45) is 2.47. The van der Waals surface area contributed by atoms with Crippen molar-refractivity contribution < 1.29 is 9.53 Å². The zero-order valence-corrected chi connectivity index (χ0v) is 17.8. The number of carbonyl (C=O) groups is 1. The summed E-state index contributed by atoms with van der Waals surface area (Å²) >= 11 is 0. The minimum atomic E-state index is -0.00745. The van der Waals surface area contributed by atoms with Crippen molar-refractivity contribution in [1.29, 1.82) is 0 Å². The van der Waals surface area contributed by atoms with Gasteiger partial charge in [0.2, 0.25) is 5.91 Å². The van der Waals surface area contributed by atoms with Crippen LogP contribution in [0.5, 0.6) is 0 Å². The molecule has 0 bridgehead atoms. The molecule has 2 N–H and O–H groups in total. The lowest BCUT2D eigenvalue weighted by Crippen LogP contribution is -2.46. The monoisotopic (exact) mass is 455 g/mol. The number of halogens is 1. The van der Waals surface area contributed by atoms with Crippen LogP contribution in [0.3, 0.4) is 0 Å². The number of likely N-dealkylation sites (N-methyl/N-ethyl adjacent to an activating group) is 2. The minimum absolute atomic E-state index is 0. The fraction of sp³-hybridized carbons (Fsp3) is 0.875. The van der Waals surface area contributed by atoms with Crippen LogP contribution in [-0.2, 0) is 9.53 Å². The number of likely N-dealkylation sites (tertiary alicyclic amines) is 1. The van der Waals surface area contributed by atoms with E-state index in [9.17, 15) is 4.79 Å². The van der Waals surface area contributed by atoms with Gasteiger partial charge in [-0.3, -0.25) is 9.69 Å². The average molecular weight is 455 g/mol. The van der Waals surface area contributed by atoms with Crippen molar-refractivity contribution >= 4 is 35.8 Å². The Bertz CT molecular complexity index is 379. The van der Waals surface area contributed by atoms with Crippen molar-refractivity contribution in [2.45, 2.75) is 32.7 Å². The number of hydrogen-bond acceptors (Lipinski definition) is 4. The third-order valence-electron chi connectivity index (χ3n) is 4.02. The third kappa shape index (κ3) is 9.03. The van der Waals surface area contributed by atoms with Gasteiger partial charge in [0.1, 0.15) is 6.54 Å². The Morgan fingerprint density at radius 1 is 1.33 bits per heavy atom. The number of nitrogens with zero attached hydrogens (tertiary/aromatic N) is 3. The van der Waals surface area contributed by atoms with Crippen LogP contribution in [0, 0.1) is 0 Å². The zero-order valence-electron chi connectivity index (χ0n) is 15.5. The molecule has 1 heterocycles. The van der Waals surface area contributed by atoms with Gasteiger partial charge in [0, 0.05) is 39.8 Å². The third-order valence-corrected chi connectivity index (χ3v) is 4.02. The maximum absolute atomic E-state index is 11.7. The molecule has 0 aliphatic carbocycles. The molecule has 0 aromatic heterocycles. The van der Waals surface area contributed by atoms with Crippen molar-refractivity contribution in [2.24, 2.45) is 4.99 Å². The lowest BCUT2D eigenvalue weighted by Gasteiger charge is -2.24. The number of amides is 1. The average Bonchev–Trinajstić information content (AvgIpc) is 3.00. The molecule has 1 aliphatic heterocycles. The van der Waals surface area contributed by atoms with Crippen LogP contribution >= 0.6 is 24.0 Å². The molecular weight excluding hydrogens is 421 g/mol. The van der Waals surface area contributed by atoms with Gasteiger partial charge in [0.05, 0.1) is 6.61 Å². The maximum atomic E-state index is 11.7. The first-order chi connectivity index (χ1) is 11.1. The summed E-state index contributed by atoms with van der Waals surface area (Å²) < 4.78 is 5.33. The van der Waals surface area contributed by atoms with Gasteiger partial charge in [0.15, 0.2) is 5.96 Å². The second-order valence-corrected chi connectivity index (χ2v) is 5.88. The summed E-state index contributed by atoms with van der Waals surface area (Å²) in [4.78, 5) is 20.1. The Hall–Kier alpha value is -0.610. The molecule has 0 aromatic rings. The van der Waals surface area contributed by atoms with Gasteiger partial charge < -0.3 is 20.3 Å². The summed E-state index contributed by atoms with van der Waals surface area (Å²) in [7, 11) is 3.48. The molecule has 0 saturated carbocycles. The van der Waals surface area contributed by atoms with E-state index in [1.807, 2.05) is 6.92 Å². The molecule has 24 heavy (non-hydrogen) atoms. The highest BCUT2D eigenvalue weighted by atomic mass is 127. The second kappa shape index (κ2) is 13.7. The molecule has 7 nitrogen and oxygen atoms in total. The van der Waals surface area contributed by atoms with E-state index in [2.05, 4.69) is 27.4 Å². The number of carbonyl (C=O) groups excluding carboxylic acids is 1. The van der Waals surface area contributed by atoms with Gasteiger partial charge in [-0.25, -0.2) is 4.99 Å². The van der Waals surface area contributed by atoms with Gasteiger partial charge in [-0.05, 0) is 32.9 Å². The van der Waals surface area contributed by atoms with E-state index in [-0.39, 0.29) is 36.4 Å². The van der Waals surface area contributed by atoms with Gasteiger partial charge in [-0.15, -0.1) is 24.0 Å². The summed E-state index contributed by atoms with van der Waals surface area (Å²) in [5, 5.41) is 6.60. The molecule has 0 radical (unpaired) electrons. The number of hydrogen-bond donors (Lipinski definition) is 2. The number of ether oxygens (including phenoxy) is 1. The van der Waals surface area contributed by atoms with Crippen LogP contribution in [0.4, 0.5) is 0 Å². The minimum Gasteiger partial charge on any atom is -0.380 e. The van der Waals surface area contributed by atoms with Crippen LogP contribution in [0.15, 0.2) is 4.99 Å². The van der Waals surface area contributed by atoms with Crippen LogP contribution in [0.1, 0.15) is 26.7 Å². The van der Waals surface area contributed by atoms with Crippen LogP contribution < -0.4 is 10.6 Å². The largest absolute Gasteiger partial charge is 0.380 e. The first-order valence-corrected chi connectivity index (χ1v) is 8.62. The lowest BCUT2D eigenvalue weighted by molar-refractivity contribution is -0.127. The second-order valence-electron chi connectivity index (χ2n) is 5.88. The summed E-state index contributed by atoms with van der Waals surface area (Å²) in [5.41, 5.74) is 0. The zero-order chi connectivity index (χ0) is 17.1. The predicted molar refractivity (Wildman–Crippen MR) is 109 cm³/mol. The molecule has 1 amide bonds. The number of aliphatic imine (C=N–C) groups is 1. The van der Waals surface area contributed by atoms with Crippen LogP contribution in [0.25, 0.3) is 0 Å². The smallest absolute Gasteiger partial charge is 0.243 e. The first-order valence-electron chi connectivity index (χ1n) is 8.62. The van der Waals surface area contributed by atoms with Gasteiger partial charge in [-0.2, -0.15) is 0 Å². The van der Waals surface area contributed by atoms with Gasteiger partial charge in [-0.1, -0.05) is 6.92 Å². The summed E-state index contributed by atoms with van der Waals surface area (Å²) in [6, 6.07) is 0.545. The summed E-state index contributed by atoms with van der Waals surface area (Å²) in [5.74, 6) is 0.676. The molecule has 1 atom stereocenters. The molecule has 1 saturated heterocycles. The Morgan fingerprint density at radius 2 is 2.08 bits per heavy atom. The Morgan fingerprint density at radius 3 is 2.71 bits per heavy atom. The molecule has 1 unspecified atom stereocenters. The Labute approximate surface area is 163 Å². The lowest BCUT2D eigenvalue weighted by atomic mass is 10.2. The molecule has 8 heteroatoms. The number of guanidine groups is 1. The van der Waals surface area contributed by atoms with Crippen molar-refractivity contribution in [2.75, 3.05) is 60.0 Å². The molecule has 0 spiro atoms. The first kappa shape index (κ1) is 23.4. The van der Waals surface area contributed by atoms with Crippen molar-refractivity contribution in [3.05, 3.63) is 0 Å². The van der Waals surface area contributed by atoms with Gasteiger partial charge >= 0.3 is 0 Å². The van der Waals surface area contributed by atoms with Crippen LogP contribution in [-0.4, -0.2) is 87.7 Å². The highest BCUT2D eigenvalue weighted by Gasteiger charge is 2.22. The van der Waals surface area contributed by atoms with E-state index in [0.29, 0.717) is 31.8 Å². The fourth-order valence-corrected chi connectivity index (χ4v) is 2.61. The van der Waals surface area contributed by atoms with Crippen molar-refractivity contribution in [1.82, 2.24) is 20.4 Å². The maximum Gasteiger partial charge on any atom is 0.243 e. The molecule has 0 aromatic carbocycles. The van der Waals surface area contributed by atoms with Crippen molar-refractivity contribution in [3.63, 3.8) is 0 Å². The summed E-state index contributed by atoms with van der Waals surface area (Å²) in [6.45, 7) is 9.44. The Kier molecular flexibility index (Phi) is 13.3. The normalized spacial score (nSPS) is 18.2. The highest BCUT2D eigenvalue weighted by molar-refractivity contribution is 14.0. The molecule has 142 valence electrons. The van der Waals surface area contributed by atoms with E-state index in [0.717, 1.165) is 13.1 Å². The highest BCUT2D eigenvalue weighted by Crippen LogP contribution is 2.15. The van der Waals surface area contributed by atoms with Crippen LogP contribution in [0.2, 0.25) is 0 Å². The molecule has 1 aliphatic rings. The van der Waals surface area contributed by atoms with E-state index in [1.54, 1.807) is 19.0 Å². The quantitative estimate of drug-likeness (QED) is 0.233. The standard InChI is InChI=1S/C16H33N5O2.HI/c1-5-21-10-7-8-14(21)12-18-16(17-9-11-23-6-2)19-13-15(22)20(3)4;/h14H,5-13H2,1-4H3,(H2,17,18,19);1H. The van der Waals surface area contributed by atoms with E-state index in [1.165, 1.54) is 19.4 Å². The molecule has 1 fully saturated rings.